The van der Waals surface area contributed by atoms with Crippen LogP contribution in [-0.4, -0.2) is 24.7 Å². The molecule has 0 amide bonds. The van der Waals surface area contributed by atoms with E-state index in [0.717, 1.165) is 0 Å². The van der Waals surface area contributed by atoms with E-state index in [4.69, 9.17) is 5.11 Å². The summed E-state index contributed by atoms with van der Waals surface area (Å²) in [4.78, 5) is 10.9. The smallest absolute Gasteiger partial charge is 0.309 e. The van der Waals surface area contributed by atoms with Crippen molar-refractivity contribution in [2.24, 2.45) is 17.3 Å². The van der Waals surface area contributed by atoms with Crippen LogP contribution in [0.2, 0.25) is 0 Å². The summed E-state index contributed by atoms with van der Waals surface area (Å²) in [5.74, 6) is -0.331. The maximum Gasteiger partial charge on any atom is 0.309 e. The molecule has 0 rings (SSSR count). The molecule has 0 aromatic rings. The van der Waals surface area contributed by atoms with Gasteiger partial charge >= 0.3 is 5.97 Å². The summed E-state index contributed by atoms with van der Waals surface area (Å²) in [5, 5.41) is 12.1. The first-order valence-electron chi connectivity index (χ1n) is 7.13. The van der Waals surface area contributed by atoms with E-state index in [9.17, 15) is 4.79 Å². The molecule has 0 atom stereocenters. The maximum atomic E-state index is 10.9. The average molecular weight is 259 g/mol. The van der Waals surface area contributed by atoms with Gasteiger partial charge in [0.05, 0.1) is 5.41 Å². The fourth-order valence-corrected chi connectivity index (χ4v) is 1.71. The van der Waals surface area contributed by atoms with E-state index >= 15 is 0 Å². The van der Waals surface area contributed by atoms with Gasteiger partial charge in [-0.3, -0.25) is 4.79 Å². The molecular weight excluding hydrogens is 226 g/mol. The molecule has 0 aromatic carbocycles. The van der Waals surface area contributed by atoms with Gasteiger partial charge < -0.3 is 10.4 Å². The molecule has 0 radical (unpaired) electrons. The third-order valence-corrected chi connectivity index (χ3v) is 3.89. The number of hydrogen-bond donors (Lipinski definition) is 2. The van der Waals surface area contributed by atoms with Gasteiger partial charge in [-0.25, -0.2) is 0 Å². The van der Waals surface area contributed by atoms with Crippen LogP contribution in [0.5, 0.6) is 0 Å². The van der Waals surface area contributed by atoms with Crippen LogP contribution in [0.25, 0.3) is 0 Å². The number of unbranched alkanes of at least 4 members (excludes halogenated alkanes) is 2. The van der Waals surface area contributed by atoms with E-state index in [1.165, 1.54) is 25.8 Å². The second-order valence-corrected chi connectivity index (χ2v) is 5.71. The Hall–Kier alpha value is -0.570. The van der Waals surface area contributed by atoms with Crippen LogP contribution in [0.1, 0.15) is 60.8 Å². The summed E-state index contributed by atoms with van der Waals surface area (Å²) in [6.45, 7) is 13.0. The molecule has 0 aliphatic heterocycles. The van der Waals surface area contributed by atoms with Crippen LogP contribution in [0.3, 0.4) is 0 Å². The molecule has 0 saturated heterocycles. The molecule has 0 saturated carbocycles. The molecule has 3 heteroatoms. The number of carboxylic acids is 1. The van der Waals surface area contributed by atoms with Crippen LogP contribution in [-0.2, 0) is 4.79 Å². The summed E-state index contributed by atoms with van der Waals surface area (Å²) < 4.78 is 0. The molecule has 110 valence electrons. The van der Waals surface area contributed by atoms with Gasteiger partial charge in [0.2, 0.25) is 0 Å². The highest BCUT2D eigenvalue weighted by atomic mass is 16.4. The Morgan fingerprint density at radius 2 is 1.61 bits per heavy atom. The lowest BCUT2D eigenvalue weighted by Gasteiger charge is -2.32. The second kappa shape index (κ2) is 10.4. The van der Waals surface area contributed by atoms with Crippen molar-refractivity contribution in [2.45, 2.75) is 60.8 Å². The van der Waals surface area contributed by atoms with Crippen LogP contribution >= 0.6 is 0 Å². The summed E-state index contributed by atoms with van der Waals surface area (Å²) >= 11 is 0. The lowest BCUT2D eigenvalue weighted by Crippen LogP contribution is -2.38. The Labute approximate surface area is 113 Å². The first-order valence-corrected chi connectivity index (χ1v) is 7.13. The fourth-order valence-electron chi connectivity index (χ4n) is 1.71. The van der Waals surface area contributed by atoms with Gasteiger partial charge in [-0.15, -0.1) is 0 Å². The van der Waals surface area contributed by atoms with Crippen molar-refractivity contribution >= 4 is 5.97 Å². The van der Waals surface area contributed by atoms with E-state index < -0.39 is 11.4 Å². The topological polar surface area (TPSA) is 49.3 Å². The van der Waals surface area contributed by atoms with Gasteiger partial charge in [-0.1, -0.05) is 47.5 Å². The van der Waals surface area contributed by atoms with Gasteiger partial charge in [-0.2, -0.15) is 0 Å². The predicted molar refractivity (Wildman–Crippen MR) is 78.9 cm³/mol. The first kappa shape index (κ1) is 19.8. The largest absolute Gasteiger partial charge is 0.481 e. The van der Waals surface area contributed by atoms with Crippen LogP contribution < -0.4 is 5.32 Å². The summed E-state index contributed by atoms with van der Waals surface area (Å²) in [7, 11) is 2.00. The Balaban J connectivity index is 0. The van der Waals surface area contributed by atoms with Crippen molar-refractivity contribution < 1.29 is 9.90 Å². The number of rotatable bonds is 7. The molecule has 0 aliphatic rings. The van der Waals surface area contributed by atoms with E-state index in [-0.39, 0.29) is 11.8 Å². The van der Waals surface area contributed by atoms with Crippen LogP contribution in [0, 0.1) is 17.3 Å². The number of nitrogens with one attached hydrogen (secondary N) is 1. The maximum absolute atomic E-state index is 10.9. The molecular formula is C15H33NO2. The highest BCUT2D eigenvalue weighted by molar-refractivity contribution is 5.74. The zero-order chi connectivity index (χ0) is 14.8. The minimum absolute atomic E-state index is 0.181. The summed E-state index contributed by atoms with van der Waals surface area (Å²) in [5.41, 5.74) is -0.583. The average Bonchev–Trinajstić information content (AvgIpc) is 2.28. The minimum Gasteiger partial charge on any atom is -0.481 e. The number of aliphatic carboxylic acids is 1. The van der Waals surface area contributed by atoms with Gasteiger partial charge in [-0.05, 0) is 38.8 Å². The molecule has 0 aliphatic carbocycles. The third-order valence-electron chi connectivity index (χ3n) is 3.89. The Morgan fingerprint density at radius 3 is 1.78 bits per heavy atom. The van der Waals surface area contributed by atoms with Gasteiger partial charge in [0, 0.05) is 0 Å². The third kappa shape index (κ3) is 7.00. The van der Waals surface area contributed by atoms with Crippen molar-refractivity contribution in [3.05, 3.63) is 0 Å². The van der Waals surface area contributed by atoms with E-state index in [1.54, 1.807) is 0 Å². The van der Waals surface area contributed by atoms with Gasteiger partial charge in [0.15, 0.2) is 0 Å². The van der Waals surface area contributed by atoms with Gasteiger partial charge in [0.25, 0.3) is 0 Å². The zero-order valence-electron chi connectivity index (χ0n) is 13.3. The molecule has 0 bridgehead atoms. The predicted octanol–water partition coefficient (Wildman–Crippen LogP) is 3.79. The van der Waals surface area contributed by atoms with Crippen molar-refractivity contribution in [1.29, 1.82) is 0 Å². The molecule has 0 spiro atoms. The quantitative estimate of drug-likeness (QED) is 0.684. The van der Waals surface area contributed by atoms with Crippen molar-refractivity contribution in [1.82, 2.24) is 5.32 Å². The van der Waals surface area contributed by atoms with E-state index in [2.05, 4.69) is 12.2 Å². The lowest BCUT2D eigenvalue weighted by atomic mass is 9.71. The highest BCUT2D eigenvalue weighted by Gasteiger charge is 2.39. The molecule has 0 heterocycles. The van der Waals surface area contributed by atoms with Crippen LogP contribution in [0.15, 0.2) is 0 Å². The first-order chi connectivity index (χ1) is 8.24. The van der Waals surface area contributed by atoms with E-state index in [0.29, 0.717) is 0 Å². The standard InChI is InChI=1S/C9H18O2.C6H15N/c1-6(2)9(5,7(3)4)8(10)11;1-3-4-5-6-7-2/h6-7H,1-5H3,(H,10,11);7H,3-6H2,1-2H3. The molecule has 0 unspecified atom stereocenters. The molecule has 18 heavy (non-hydrogen) atoms. The van der Waals surface area contributed by atoms with Crippen molar-refractivity contribution in [2.75, 3.05) is 13.6 Å². The fraction of sp³-hybridized carbons (Fsp3) is 0.933. The summed E-state index contributed by atoms with van der Waals surface area (Å²) in [6, 6.07) is 0. The Kier molecular flexibility index (Phi) is 11.4. The minimum atomic E-state index is -0.692. The van der Waals surface area contributed by atoms with Crippen molar-refractivity contribution in [3.63, 3.8) is 0 Å². The normalized spacial score (nSPS) is 11.4. The Bertz CT molecular complexity index is 201. The zero-order valence-corrected chi connectivity index (χ0v) is 13.3. The van der Waals surface area contributed by atoms with Crippen LogP contribution in [0.4, 0.5) is 0 Å². The number of hydrogen-bond acceptors (Lipinski definition) is 2. The lowest BCUT2D eigenvalue weighted by molar-refractivity contribution is -0.153. The summed E-state index contributed by atoms with van der Waals surface area (Å²) in [6.07, 6.45) is 4.01. The molecule has 2 N–H and O–H groups in total. The van der Waals surface area contributed by atoms with Gasteiger partial charge in [0.1, 0.15) is 0 Å². The number of carboxylic acid groups (broad SMARTS) is 1. The molecule has 0 fully saturated rings. The van der Waals surface area contributed by atoms with Crippen molar-refractivity contribution in [3.8, 4) is 0 Å². The van der Waals surface area contributed by atoms with E-state index in [1.807, 2.05) is 41.7 Å². The Morgan fingerprint density at radius 1 is 1.17 bits per heavy atom. The highest BCUT2D eigenvalue weighted by Crippen LogP contribution is 2.35. The SMILES string of the molecule is CC(C)C(C)(C(=O)O)C(C)C.CCCCCNC. The second-order valence-electron chi connectivity index (χ2n) is 5.71. The molecule has 3 nitrogen and oxygen atoms in total. The monoisotopic (exact) mass is 259 g/mol. The molecule has 0 aromatic heterocycles. The number of carbonyl (C=O) groups is 1.